The van der Waals surface area contributed by atoms with Crippen LogP contribution in [0.3, 0.4) is 0 Å². The number of hydrogen-bond donors (Lipinski definition) is 0. The zero-order valence-corrected chi connectivity index (χ0v) is 15.3. The molecule has 132 valence electrons. The molecule has 0 aliphatic carbocycles. The number of ether oxygens (including phenoxy) is 2. The molecule has 0 N–H and O–H groups in total. The fourth-order valence-corrected chi connectivity index (χ4v) is 3.30. The average Bonchev–Trinajstić information content (AvgIpc) is 2.62. The zero-order valence-electron chi connectivity index (χ0n) is 14.4. The van der Waals surface area contributed by atoms with Crippen LogP contribution in [-0.2, 0) is 4.74 Å². The smallest absolute Gasteiger partial charge is 0.127 e. The van der Waals surface area contributed by atoms with E-state index in [-0.39, 0.29) is 12.4 Å². The minimum atomic E-state index is 0. The summed E-state index contributed by atoms with van der Waals surface area (Å²) in [6.45, 7) is 6.58. The van der Waals surface area contributed by atoms with E-state index in [1.54, 1.807) is 0 Å². The Balaban J connectivity index is 0.00000208. The van der Waals surface area contributed by atoms with Crippen molar-refractivity contribution in [1.82, 2.24) is 4.90 Å². The SMILES string of the molecule is CCOCC(COc1cccc2ccccc12)N1CCCCC1.Cl. The van der Waals surface area contributed by atoms with Crippen LogP contribution >= 0.6 is 12.4 Å². The molecule has 0 radical (unpaired) electrons. The molecule has 1 atom stereocenters. The molecule has 1 saturated heterocycles. The molecule has 1 aliphatic heterocycles. The number of nitrogens with zero attached hydrogens (tertiary/aromatic N) is 1. The Bertz CT molecular complexity index is 608. The maximum atomic E-state index is 6.21. The van der Waals surface area contributed by atoms with E-state index in [4.69, 9.17) is 9.47 Å². The normalized spacial score (nSPS) is 16.5. The first-order chi connectivity index (χ1) is 11.4. The Morgan fingerprint density at radius 2 is 1.71 bits per heavy atom. The van der Waals surface area contributed by atoms with Crippen molar-refractivity contribution >= 4 is 23.2 Å². The van der Waals surface area contributed by atoms with E-state index in [9.17, 15) is 0 Å². The molecular formula is C20H28ClNO2. The van der Waals surface area contributed by atoms with Crippen molar-refractivity contribution in [1.29, 1.82) is 0 Å². The summed E-state index contributed by atoms with van der Waals surface area (Å²) < 4.78 is 11.9. The molecule has 1 heterocycles. The predicted octanol–water partition coefficient (Wildman–Crippen LogP) is 4.53. The van der Waals surface area contributed by atoms with Gasteiger partial charge in [0, 0.05) is 12.0 Å². The molecule has 0 saturated carbocycles. The minimum absolute atomic E-state index is 0. The van der Waals surface area contributed by atoms with Gasteiger partial charge in [-0.3, -0.25) is 4.90 Å². The second-order valence-electron chi connectivity index (χ2n) is 6.20. The van der Waals surface area contributed by atoms with Gasteiger partial charge >= 0.3 is 0 Å². The Morgan fingerprint density at radius 1 is 0.958 bits per heavy atom. The number of rotatable bonds is 7. The van der Waals surface area contributed by atoms with E-state index < -0.39 is 0 Å². The highest BCUT2D eigenvalue weighted by Crippen LogP contribution is 2.25. The van der Waals surface area contributed by atoms with Gasteiger partial charge < -0.3 is 9.47 Å². The van der Waals surface area contributed by atoms with Crippen LogP contribution in [0.5, 0.6) is 5.75 Å². The van der Waals surface area contributed by atoms with Crippen molar-refractivity contribution in [3.8, 4) is 5.75 Å². The zero-order chi connectivity index (χ0) is 15.9. The lowest BCUT2D eigenvalue weighted by atomic mass is 10.1. The number of likely N-dealkylation sites (tertiary alicyclic amines) is 1. The Hall–Kier alpha value is -1.29. The quantitative estimate of drug-likeness (QED) is 0.733. The van der Waals surface area contributed by atoms with Gasteiger partial charge in [-0.2, -0.15) is 0 Å². The van der Waals surface area contributed by atoms with E-state index in [1.807, 2.05) is 0 Å². The van der Waals surface area contributed by atoms with Gasteiger partial charge in [0.2, 0.25) is 0 Å². The summed E-state index contributed by atoms with van der Waals surface area (Å²) in [6, 6.07) is 15.0. The van der Waals surface area contributed by atoms with Gasteiger partial charge in [-0.1, -0.05) is 42.8 Å². The topological polar surface area (TPSA) is 21.7 Å². The van der Waals surface area contributed by atoms with Gasteiger partial charge in [0.15, 0.2) is 0 Å². The highest BCUT2D eigenvalue weighted by atomic mass is 35.5. The summed E-state index contributed by atoms with van der Waals surface area (Å²) in [5.41, 5.74) is 0. The monoisotopic (exact) mass is 349 g/mol. The molecular weight excluding hydrogens is 322 g/mol. The number of halogens is 1. The predicted molar refractivity (Wildman–Crippen MR) is 102 cm³/mol. The third kappa shape index (κ3) is 4.85. The molecule has 3 rings (SSSR count). The first-order valence-corrected chi connectivity index (χ1v) is 8.81. The van der Waals surface area contributed by atoms with Crippen molar-refractivity contribution in [3.05, 3.63) is 42.5 Å². The van der Waals surface area contributed by atoms with E-state index in [0.29, 0.717) is 12.6 Å². The van der Waals surface area contributed by atoms with Crippen LogP contribution in [0.15, 0.2) is 42.5 Å². The van der Waals surface area contributed by atoms with E-state index in [2.05, 4.69) is 54.3 Å². The van der Waals surface area contributed by atoms with Gasteiger partial charge in [0.05, 0.1) is 12.6 Å². The summed E-state index contributed by atoms with van der Waals surface area (Å²) >= 11 is 0. The number of fused-ring (bicyclic) bond motifs is 1. The van der Waals surface area contributed by atoms with Gasteiger partial charge in [0.25, 0.3) is 0 Å². The number of hydrogen-bond acceptors (Lipinski definition) is 3. The van der Waals surface area contributed by atoms with Crippen LogP contribution in [0.1, 0.15) is 26.2 Å². The van der Waals surface area contributed by atoms with Crippen LogP contribution in [0.25, 0.3) is 10.8 Å². The molecule has 1 unspecified atom stereocenters. The van der Waals surface area contributed by atoms with E-state index in [0.717, 1.165) is 32.1 Å². The highest BCUT2D eigenvalue weighted by molar-refractivity contribution is 5.88. The molecule has 3 nitrogen and oxygen atoms in total. The van der Waals surface area contributed by atoms with E-state index in [1.165, 1.54) is 30.0 Å². The summed E-state index contributed by atoms with van der Waals surface area (Å²) in [5.74, 6) is 0.974. The van der Waals surface area contributed by atoms with Crippen LogP contribution in [-0.4, -0.2) is 43.9 Å². The largest absolute Gasteiger partial charge is 0.491 e. The molecule has 2 aromatic carbocycles. The third-order valence-corrected chi connectivity index (χ3v) is 4.60. The van der Waals surface area contributed by atoms with Crippen molar-refractivity contribution in [2.24, 2.45) is 0 Å². The van der Waals surface area contributed by atoms with Crippen molar-refractivity contribution in [2.75, 3.05) is 32.9 Å². The van der Waals surface area contributed by atoms with Gasteiger partial charge in [0.1, 0.15) is 12.4 Å². The molecule has 0 aromatic heterocycles. The molecule has 0 spiro atoms. The number of piperidine rings is 1. The second-order valence-corrected chi connectivity index (χ2v) is 6.20. The Morgan fingerprint density at radius 3 is 2.50 bits per heavy atom. The summed E-state index contributed by atoms with van der Waals surface area (Å²) in [4.78, 5) is 2.53. The fourth-order valence-electron chi connectivity index (χ4n) is 3.30. The molecule has 1 fully saturated rings. The minimum Gasteiger partial charge on any atom is -0.491 e. The van der Waals surface area contributed by atoms with Crippen LogP contribution in [0.4, 0.5) is 0 Å². The third-order valence-electron chi connectivity index (χ3n) is 4.60. The number of benzene rings is 2. The van der Waals surface area contributed by atoms with Crippen LogP contribution < -0.4 is 4.74 Å². The van der Waals surface area contributed by atoms with Crippen molar-refractivity contribution in [2.45, 2.75) is 32.2 Å². The first-order valence-electron chi connectivity index (χ1n) is 8.81. The summed E-state index contributed by atoms with van der Waals surface area (Å²) in [7, 11) is 0. The molecule has 24 heavy (non-hydrogen) atoms. The molecule has 0 bridgehead atoms. The maximum Gasteiger partial charge on any atom is 0.127 e. The van der Waals surface area contributed by atoms with Crippen molar-refractivity contribution in [3.63, 3.8) is 0 Å². The molecule has 4 heteroatoms. The first kappa shape index (κ1) is 19.0. The fraction of sp³-hybridized carbons (Fsp3) is 0.500. The lowest BCUT2D eigenvalue weighted by molar-refractivity contribution is 0.0328. The van der Waals surface area contributed by atoms with Crippen LogP contribution in [0, 0.1) is 0 Å². The van der Waals surface area contributed by atoms with Gasteiger partial charge in [-0.15, -0.1) is 12.4 Å². The second kappa shape index (κ2) is 9.87. The van der Waals surface area contributed by atoms with Gasteiger partial charge in [-0.05, 0) is 44.3 Å². The maximum absolute atomic E-state index is 6.21. The Kier molecular flexibility index (Phi) is 7.83. The standard InChI is InChI=1S/C20H27NO2.ClH/c1-2-22-15-18(21-13-6-3-7-14-21)16-23-20-12-8-10-17-9-4-5-11-19(17)20;/h4-5,8-12,18H,2-3,6-7,13-16H2,1H3;1H. The highest BCUT2D eigenvalue weighted by Gasteiger charge is 2.21. The van der Waals surface area contributed by atoms with Crippen LogP contribution in [0.2, 0.25) is 0 Å². The van der Waals surface area contributed by atoms with E-state index >= 15 is 0 Å². The summed E-state index contributed by atoms with van der Waals surface area (Å²) in [5, 5.41) is 2.41. The molecule has 0 amide bonds. The van der Waals surface area contributed by atoms with Crippen molar-refractivity contribution < 1.29 is 9.47 Å². The summed E-state index contributed by atoms with van der Waals surface area (Å²) in [6.07, 6.45) is 3.93. The Labute approximate surface area is 151 Å². The lowest BCUT2D eigenvalue weighted by Crippen LogP contribution is -2.45. The molecule has 2 aromatic rings. The molecule has 1 aliphatic rings. The van der Waals surface area contributed by atoms with Gasteiger partial charge in [-0.25, -0.2) is 0 Å². The average molecular weight is 350 g/mol. The lowest BCUT2D eigenvalue weighted by Gasteiger charge is -2.34.